The van der Waals surface area contributed by atoms with Crippen molar-refractivity contribution in [2.24, 2.45) is 39.4 Å². The Balaban J connectivity index is 1.68. The number of ether oxygens (including phenoxy) is 1. The normalized spacial score (nSPS) is 46.4. The van der Waals surface area contributed by atoms with E-state index >= 15 is 0 Å². The summed E-state index contributed by atoms with van der Waals surface area (Å²) >= 11 is 0. The third-order valence-electron chi connectivity index (χ3n) is 10.4. The van der Waals surface area contributed by atoms with E-state index in [1.807, 2.05) is 0 Å². The number of carbonyl (C=O) groups is 1. The molecule has 7 unspecified atom stereocenters. The molecular weight excluding hydrogens is 360 g/mol. The average Bonchev–Trinajstić information content (AvgIpc) is 3.08. The molecule has 7 atom stereocenters. The van der Waals surface area contributed by atoms with Gasteiger partial charge in [-0.1, -0.05) is 59.1 Å². The SMILES string of the molecule is COC(=O)C12CCC3C4(CCC(C)(C(C)CCCC(C)C)C4=CCC31C)CC2O. The third kappa shape index (κ3) is 2.55. The van der Waals surface area contributed by atoms with Gasteiger partial charge in [0.1, 0.15) is 0 Å². The predicted octanol–water partition coefficient (Wildman–Crippen LogP) is 5.91. The van der Waals surface area contributed by atoms with Crippen LogP contribution in [0.4, 0.5) is 0 Å². The maximum Gasteiger partial charge on any atom is 0.315 e. The first-order valence-corrected chi connectivity index (χ1v) is 12.1. The second-order valence-corrected chi connectivity index (χ2v) is 11.8. The van der Waals surface area contributed by atoms with Crippen molar-refractivity contribution in [1.29, 1.82) is 0 Å². The van der Waals surface area contributed by atoms with Gasteiger partial charge in [0.15, 0.2) is 0 Å². The molecule has 0 heterocycles. The van der Waals surface area contributed by atoms with Crippen LogP contribution in [-0.4, -0.2) is 24.3 Å². The Bertz CT molecular complexity index is 711. The number of allylic oxidation sites excluding steroid dienone is 2. The Morgan fingerprint density at radius 1 is 1.21 bits per heavy atom. The predicted molar refractivity (Wildman–Crippen MR) is 116 cm³/mol. The highest BCUT2D eigenvalue weighted by atomic mass is 16.5. The van der Waals surface area contributed by atoms with E-state index in [1.54, 1.807) is 5.57 Å². The summed E-state index contributed by atoms with van der Waals surface area (Å²) in [6.07, 6.45) is 11.8. The van der Waals surface area contributed by atoms with Gasteiger partial charge in [-0.15, -0.1) is 0 Å². The molecule has 0 aromatic carbocycles. The van der Waals surface area contributed by atoms with E-state index < -0.39 is 11.5 Å². The van der Waals surface area contributed by atoms with Gasteiger partial charge in [0, 0.05) is 0 Å². The van der Waals surface area contributed by atoms with E-state index in [2.05, 4.69) is 40.7 Å². The fraction of sp³-hybridized carbons (Fsp3) is 0.885. The van der Waals surface area contributed by atoms with Crippen LogP contribution in [0.3, 0.4) is 0 Å². The number of hydrogen-bond donors (Lipinski definition) is 1. The molecule has 4 aliphatic carbocycles. The lowest BCUT2D eigenvalue weighted by Gasteiger charge is -2.61. The lowest BCUT2D eigenvalue weighted by Crippen LogP contribution is -2.62. The van der Waals surface area contributed by atoms with Crippen molar-refractivity contribution in [1.82, 2.24) is 0 Å². The summed E-state index contributed by atoms with van der Waals surface area (Å²) in [6.45, 7) is 11.9. The Morgan fingerprint density at radius 2 is 1.93 bits per heavy atom. The number of esters is 1. The molecule has 0 aliphatic heterocycles. The van der Waals surface area contributed by atoms with Gasteiger partial charge in [-0.25, -0.2) is 0 Å². The van der Waals surface area contributed by atoms with Crippen LogP contribution in [0.2, 0.25) is 0 Å². The van der Waals surface area contributed by atoms with Crippen molar-refractivity contribution < 1.29 is 14.6 Å². The van der Waals surface area contributed by atoms with Crippen molar-refractivity contribution in [3.8, 4) is 0 Å². The number of hydrogen-bond acceptors (Lipinski definition) is 3. The molecule has 1 spiro atoms. The van der Waals surface area contributed by atoms with Crippen LogP contribution in [0.25, 0.3) is 0 Å². The molecule has 4 rings (SSSR count). The summed E-state index contributed by atoms with van der Waals surface area (Å²) in [5.41, 5.74) is 1.10. The molecule has 0 saturated heterocycles. The minimum absolute atomic E-state index is 0.0987. The van der Waals surface area contributed by atoms with Crippen molar-refractivity contribution in [3.05, 3.63) is 11.6 Å². The topological polar surface area (TPSA) is 46.5 Å². The summed E-state index contributed by atoms with van der Waals surface area (Å²) in [4.78, 5) is 13.0. The first-order valence-electron chi connectivity index (χ1n) is 12.1. The lowest BCUT2D eigenvalue weighted by molar-refractivity contribution is -0.192. The summed E-state index contributed by atoms with van der Waals surface area (Å²) in [5, 5.41) is 11.4. The molecule has 4 aliphatic rings. The lowest BCUT2D eigenvalue weighted by atomic mass is 9.43. The first-order chi connectivity index (χ1) is 13.6. The van der Waals surface area contributed by atoms with Crippen LogP contribution in [-0.2, 0) is 9.53 Å². The van der Waals surface area contributed by atoms with Gasteiger partial charge >= 0.3 is 5.97 Å². The van der Waals surface area contributed by atoms with E-state index in [0.717, 1.165) is 31.6 Å². The number of aliphatic hydroxyl groups excluding tert-OH is 1. The van der Waals surface area contributed by atoms with Gasteiger partial charge in [0.2, 0.25) is 0 Å². The molecule has 3 fully saturated rings. The number of aliphatic hydroxyl groups is 1. The van der Waals surface area contributed by atoms with Crippen molar-refractivity contribution in [3.63, 3.8) is 0 Å². The van der Waals surface area contributed by atoms with E-state index in [1.165, 1.54) is 39.2 Å². The molecule has 3 nitrogen and oxygen atoms in total. The Morgan fingerprint density at radius 3 is 2.59 bits per heavy atom. The molecule has 3 saturated carbocycles. The summed E-state index contributed by atoms with van der Waals surface area (Å²) < 4.78 is 5.27. The molecule has 0 radical (unpaired) electrons. The van der Waals surface area contributed by atoms with Crippen molar-refractivity contribution in [2.75, 3.05) is 7.11 Å². The Kier molecular flexibility index (Phi) is 5.05. The standard InChI is InChI=1S/C26H42O3/c1-17(2)8-7-9-18(3)23(4)14-15-25-16-21(27)26(22(28)29-6)13-11-20(25)24(26,5)12-10-19(23)25/h10,17-18,20-21,27H,7-9,11-16H2,1-6H3. The number of carbonyl (C=O) groups excluding carboxylic acids is 1. The number of rotatable bonds is 6. The van der Waals surface area contributed by atoms with E-state index in [0.29, 0.717) is 11.8 Å². The van der Waals surface area contributed by atoms with Gasteiger partial charge in [-0.05, 0) is 78.9 Å². The highest BCUT2D eigenvalue weighted by molar-refractivity contribution is 5.80. The molecule has 3 heteroatoms. The third-order valence-corrected chi connectivity index (χ3v) is 10.4. The molecule has 4 bridgehead atoms. The molecule has 29 heavy (non-hydrogen) atoms. The second kappa shape index (κ2) is 6.84. The van der Waals surface area contributed by atoms with Gasteiger partial charge < -0.3 is 9.84 Å². The zero-order chi connectivity index (χ0) is 21.2. The molecule has 164 valence electrons. The monoisotopic (exact) mass is 402 g/mol. The van der Waals surface area contributed by atoms with Gasteiger partial charge in [0.25, 0.3) is 0 Å². The molecule has 0 aromatic rings. The highest BCUT2D eigenvalue weighted by Gasteiger charge is 2.76. The summed E-state index contributed by atoms with van der Waals surface area (Å²) in [5.74, 6) is 1.77. The van der Waals surface area contributed by atoms with E-state index in [4.69, 9.17) is 4.74 Å². The van der Waals surface area contributed by atoms with Crippen molar-refractivity contribution >= 4 is 5.97 Å². The Hall–Kier alpha value is -0.830. The average molecular weight is 403 g/mol. The molecular formula is C26H42O3. The summed E-state index contributed by atoms with van der Waals surface area (Å²) in [6, 6.07) is 0. The van der Waals surface area contributed by atoms with E-state index in [-0.39, 0.29) is 22.2 Å². The van der Waals surface area contributed by atoms with Crippen LogP contribution in [0.5, 0.6) is 0 Å². The minimum atomic E-state index is -0.707. The molecule has 1 N–H and O–H groups in total. The largest absolute Gasteiger partial charge is 0.469 e. The highest BCUT2D eigenvalue weighted by Crippen LogP contribution is 2.79. The minimum Gasteiger partial charge on any atom is -0.469 e. The van der Waals surface area contributed by atoms with Crippen LogP contribution >= 0.6 is 0 Å². The fourth-order valence-corrected chi connectivity index (χ4v) is 8.67. The number of methoxy groups -OCH3 is 1. The smallest absolute Gasteiger partial charge is 0.315 e. The van der Waals surface area contributed by atoms with Crippen LogP contribution in [0.15, 0.2) is 11.6 Å². The molecule has 0 aromatic heterocycles. The van der Waals surface area contributed by atoms with Crippen LogP contribution in [0.1, 0.15) is 92.4 Å². The maximum absolute atomic E-state index is 13.0. The Labute approximate surface area is 177 Å². The van der Waals surface area contributed by atoms with Gasteiger partial charge in [0.05, 0.1) is 18.6 Å². The maximum atomic E-state index is 13.0. The zero-order valence-corrected chi connectivity index (χ0v) is 19.5. The van der Waals surface area contributed by atoms with E-state index in [9.17, 15) is 9.90 Å². The first kappa shape index (κ1) is 21.4. The fourth-order valence-electron chi connectivity index (χ4n) is 8.67. The summed E-state index contributed by atoms with van der Waals surface area (Å²) in [7, 11) is 1.49. The quantitative estimate of drug-likeness (QED) is 0.444. The second-order valence-electron chi connectivity index (χ2n) is 11.8. The zero-order valence-electron chi connectivity index (χ0n) is 19.5. The van der Waals surface area contributed by atoms with Crippen LogP contribution < -0.4 is 0 Å². The van der Waals surface area contributed by atoms with Crippen LogP contribution in [0, 0.1) is 39.4 Å². The van der Waals surface area contributed by atoms with Crippen molar-refractivity contribution in [2.45, 2.75) is 98.5 Å². The molecule has 0 amide bonds. The van der Waals surface area contributed by atoms with Gasteiger partial charge in [-0.2, -0.15) is 0 Å². The van der Waals surface area contributed by atoms with Gasteiger partial charge in [-0.3, -0.25) is 4.79 Å².